The fraction of sp³-hybridized carbons (Fsp3) is 0.704. The lowest BCUT2D eigenvalue weighted by molar-refractivity contribution is -0.153. The summed E-state index contributed by atoms with van der Waals surface area (Å²) in [5, 5.41) is 18.5. The molecule has 0 aliphatic rings. The van der Waals surface area contributed by atoms with Gasteiger partial charge in [-0.2, -0.15) is 0 Å². The fourth-order valence-electron chi connectivity index (χ4n) is 3.04. The van der Waals surface area contributed by atoms with Gasteiger partial charge in [0.2, 0.25) is 0 Å². The van der Waals surface area contributed by atoms with Gasteiger partial charge in [0.15, 0.2) is 0 Å². The molecule has 38 heavy (non-hydrogen) atoms. The molecule has 0 rings (SSSR count). The number of unbranched alkanes of at least 4 members (excludes halogenated alkanes) is 5. The van der Waals surface area contributed by atoms with E-state index in [4.69, 9.17) is 23.6 Å². The van der Waals surface area contributed by atoms with Crippen LogP contribution in [0.4, 0.5) is 0 Å². The molecule has 0 amide bonds. The zero-order chi connectivity index (χ0) is 28.5. The molecule has 10 nitrogen and oxygen atoms in total. The number of phosphoric acid groups is 1. The van der Waals surface area contributed by atoms with Crippen molar-refractivity contribution in [1.29, 1.82) is 0 Å². The first-order valence-corrected chi connectivity index (χ1v) is 14.9. The van der Waals surface area contributed by atoms with Crippen LogP contribution < -0.4 is 0 Å². The Bertz CT molecular complexity index is 750. The lowest BCUT2D eigenvalue weighted by Crippen LogP contribution is -2.28. The fourth-order valence-corrected chi connectivity index (χ4v) is 3.83. The average Bonchev–Trinajstić information content (AvgIpc) is 2.90. The molecule has 0 radical (unpaired) electrons. The Morgan fingerprint density at radius 3 is 1.79 bits per heavy atom. The summed E-state index contributed by atoms with van der Waals surface area (Å²) < 4.78 is 31.4. The Hall–Kier alpha value is -1.81. The van der Waals surface area contributed by atoms with E-state index in [1.54, 1.807) is 6.92 Å². The van der Waals surface area contributed by atoms with Gasteiger partial charge in [-0.1, -0.05) is 69.6 Å². The molecule has 0 aromatic heterocycles. The van der Waals surface area contributed by atoms with Crippen LogP contribution in [-0.2, 0) is 32.7 Å². The maximum Gasteiger partial charge on any atom is 0.472 e. The molecule has 0 saturated carbocycles. The van der Waals surface area contributed by atoms with E-state index in [2.05, 4.69) is 43.4 Å². The van der Waals surface area contributed by atoms with Crippen LogP contribution in [0.1, 0.15) is 84.5 Å². The molecule has 0 saturated heterocycles. The number of hydrogen-bond acceptors (Lipinski definition) is 9. The molecular formula is C27H47O10P. The highest BCUT2D eigenvalue weighted by atomic mass is 31.2. The number of phosphoric ester groups is 1. The molecule has 0 aliphatic heterocycles. The van der Waals surface area contributed by atoms with Crippen LogP contribution in [0.2, 0.25) is 0 Å². The first-order valence-electron chi connectivity index (χ1n) is 13.4. The van der Waals surface area contributed by atoms with Crippen LogP contribution in [-0.4, -0.2) is 65.7 Å². The minimum Gasteiger partial charge on any atom is -0.457 e. The number of carbonyl (C=O) groups excluding carboxylic acids is 2. The van der Waals surface area contributed by atoms with Gasteiger partial charge in [-0.25, -0.2) is 4.57 Å². The molecular weight excluding hydrogens is 515 g/mol. The highest BCUT2D eigenvalue weighted by Gasteiger charge is 2.27. The summed E-state index contributed by atoms with van der Waals surface area (Å²) in [6.45, 7) is 1.35. The number of esters is 2. The summed E-state index contributed by atoms with van der Waals surface area (Å²) >= 11 is 0. The zero-order valence-electron chi connectivity index (χ0n) is 22.9. The minimum absolute atomic E-state index is 0.0705. The van der Waals surface area contributed by atoms with Gasteiger partial charge < -0.3 is 24.6 Å². The molecule has 0 heterocycles. The van der Waals surface area contributed by atoms with Gasteiger partial charge in [0.05, 0.1) is 26.4 Å². The van der Waals surface area contributed by atoms with Gasteiger partial charge in [-0.3, -0.25) is 18.6 Å². The average molecular weight is 563 g/mol. The van der Waals surface area contributed by atoms with E-state index in [-0.39, 0.29) is 12.8 Å². The van der Waals surface area contributed by atoms with Crippen LogP contribution in [0, 0.1) is 0 Å². The third kappa shape index (κ3) is 22.2. The first-order chi connectivity index (χ1) is 18.3. The summed E-state index contributed by atoms with van der Waals surface area (Å²) in [5.41, 5.74) is 0. The summed E-state index contributed by atoms with van der Waals surface area (Å²) in [6, 6.07) is 0. The summed E-state index contributed by atoms with van der Waals surface area (Å²) in [4.78, 5) is 33.0. The Kier molecular flexibility index (Phi) is 23.1. The van der Waals surface area contributed by atoms with Crippen molar-refractivity contribution in [2.75, 3.05) is 26.4 Å². The summed E-state index contributed by atoms with van der Waals surface area (Å²) in [6.07, 6.45) is 19.8. The second kappa shape index (κ2) is 24.2. The quantitative estimate of drug-likeness (QED) is 0.0640. The normalized spacial score (nSPS) is 15.2. The van der Waals surface area contributed by atoms with Crippen molar-refractivity contribution in [3.8, 4) is 0 Å². The monoisotopic (exact) mass is 562 g/mol. The summed E-state index contributed by atoms with van der Waals surface area (Å²) in [5.74, 6) is -1.13. The molecule has 0 aromatic carbocycles. The van der Waals surface area contributed by atoms with Crippen LogP contribution in [0.15, 0.2) is 36.5 Å². The maximum atomic E-state index is 12.0. The molecule has 3 N–H and O–H groups in total. The highest BCUT2D eigenvalue weighted by molar-refractivity contribution is 7.47. The van der Waals surface area contributed by atoms with Crippen LogP contribution in [0.5, 0.6) is 0 Å². The molecule has 3 atom stereocenters. The molecule has 0 spiro atoms. The van der Waals surface area contributed by atoms with E-state index < -0.39 is 58.4 Å². The predicted octanol–water partition coefficient (Wildman–Crippen LogP) is 4.93. The van der Waals surface area contributed by atoms with E-state index in [0.29, 0.717) is 6.42 Å². The lowest BCUT2D eigenvalue weighted by Gasteiger charge is -2.20. The van der Waals surface area contributed by atoms with E-state index in [1.165, 1.54) is 0 Å². The Morgan fingerprint density at radius 1 is 0.737 bits per heavy atom. The van der Waals surface area contributed by atoms with Gasteiger partial charge >= 0.3 is 19.8 Å². The van der Waals surface area contributed by atoms with Gasteiger partial charge in [0.25, 0.3) is 0 Å². The predicted molar refractivity (Wildman–Crippen MR) is 145 cm³/mol. The molecule has 0 bridgehead atoms. The Balaban J connectivity index is 3.97. The maximum absolute atomic E-state index is 12.0. The number of rotatable bonds is 24. The molecule has 220 valence electrons. The molecule has 0 aliphatic carbocycles. The van der Waals surface area contributed by atoms with Gasteiger partial charge in [-0.05, 0) is 38.5 Å². The first kappa shape index (κ1) is 36.2. The zero-order valence-corrected chi connectivity index (χ0v) is 23.8. The van der Waals surface area contributed by atoms with Crippen LogP contribution >= 0.6 is 7.82 Å². The third-order valence-corrected chi connectivity index (χ3v) is 6.12. The van der Waals surface area contributed by atoms with Gasteiger partial charge in [0, 0.05) is 12.8 Å². The molecule has 0 aromatic rings. The van der Waals surface area contributed by atoms with Crippen LogP contribution in [0.3, 0.4) is 0 Å². The van der Waals surface area contributed by atoms with E-state index >= 15 is 0 Å². The topological polar surface area (TPSA) is 149 Å². The minimum atomic E-state index is -4.59. The van der Waals surface area contributed by atoms with Crippen molar-refractivity contribution in [3.05, 3.63) is 36.5 Å². The van der Waals surface area contributed by atoms with Crippen LogP contribution in [0.25, 0.3) is 0 Å². The van der Waals surface area contributed by atoms with Crippen molar-refractivity contribution in [2.24, 2.45) is 0 Å². The number of hydrogen-bond donors (Lipinski definition) is 3. The van der Waals surface area contributed by atoms with Crippen molar-refractivity contribution < 1.29 is 47.8 Å². The van der Waals surface area contributed by atoms with Gasteiger partial charge in [0.1, 0.15) is 12.2 Å². The number of carbonyl (C=O) groups is 2. The van der Waals surface area contributed by atoms with Crippen molar-refractivity contribution in [2.45, 2.75) is 96.7 Å². The van der Waals surface area contributed by atoms with Crippen molar-refractivity contribution in [3.63, 3.8) is 0 Å². The standard InChI is InChI=1S/C27H47O10P/c1-3-5-6-7-8-9-10-11-12-13-14-15-16-17-18-19-27(31)37-25(21-29)23-35-38(32,33)34-22-24(20-28)36-26(30)4-2/h5-6,8-9,11-12,24-25,28-29H,3-4,7,10,13-23H2,1-2H3,(H,32,33)/b6-5-,9-8-,12-11-. The van der Waals surface area contributed by atoms with E-state index in [0.717, 1.165) is 51.4 Å². The number of aliphatic hydroxyl groups is 2. The van der Waals surface area contributed by atoms with E-state index in [9.17, 15) is 24.2 Å². The van der Waals surface area contributed by atoms with Crippen molar-refractivity contribution >= 4 is 19.8 Å². The second-order valence-electron chi connectivity index (χ2n) is 8.60. The SMILES string of the molecule is CC/C=C\C/C=C\C/C=C\CCCCCCCC(=O)OC(CO)COP(=O)(O)OCC(CO)OC(=O)CC. The smallest absolute Gasteiger partial charge is 0.457 e. The molecule has 3 unspecified atom stereocenters. The summed E-state index contributed by atoms with van der Waals surface area (Å²) in [7, 11) is -4.59. The number of allylic oxidation sites excluding steroid dienone is 6. The number of aliphatic hydroxyl groups excluding tert-OH is 2. The highest BCUT2D eigenvalue weighted by Crippen LogP contribution is 2.43. The number of ether oxygens (including phenoxy) is 2. The van der Waals surface area contributed by atoms with Gasteiger partial charge in [-0.15, -0.1) is 0 Å². The Morgan fingerprint density at radius 2 is 1.24 bits per heavy atom. The molecule has 0 fully saturated rings. The lowest BCUT2D eigenvalue weighted by atomic mass is 10.1. The largest absolute Gasteiger partial charge is 0.472 e. The Labute approximate surface area is 227 Å². The third-order valence-electron chi connectivity index (χ3n) is 5.17. The van der Waals surface area contributed by atoms with E-state index in [1.807, 2.05) is 0 Å². The van der Waals surface area contributed by atoms with Crippen molar-refractivity contribution in [1.82, 2.24) is 0 Å². The molecule has 11 heteroatoms. The second-order valence-corrected chi connectivity index (χ2v) is 10.1.